The number of rotatable bonds is 5. The van der Waals surface area contributed by atoms with E-state index >= 15 is 0 Å². The molecule has 1 aromatic carbocycles. The second-order valence-corrected chi connectivity index (χ2v) is 8.71. The van der Waals surface area contributed by atoms with E-state index in [-0.39, 0.29) is 24.8 Å². The van der Waals surface area contributed by atoms with Crippen LogP contribution >= 0.6 is 0 Å². The number of benzene rings is 1. The van der Waals surface area contributed by atoms with Gasteiger partial charge in [0, 0.05) is 30.6 Å². The molecule has 2 atom stereocenters. The third kappa shape index (κ3) is 3.29. The molecule has 3 aliphatic rings. The Morgan fingerprint density at radius 2 is 2.11 bits per heavy atom. The van der Waals surface area contributed by atoms with Gasteiger partial charge in [-0.3, -0.25) is 20.2 Å². The molecular weight excluding hydrogens is 456 g/mol. The lowest BCUT2D eigenvalue weighted by atomic mass is 9.95. The second kappa shape index (κ2) is 7.68. The zero-order valence-electron chi connectivity index (χ0n) is 18.7. The van der Waals surface area contributed by atoms with Crippen LogP contribution in [0.5, 0.6) is 5.75 Å². The van der Waals surface area contributed by atoms with Crippen LogP contribution < -0.4 is 25.6 Å². The summed E-state index contributed by atoms with van der Waals surface area (Å²) in [5.74, 6) is 0.379. The summed E-state index contributed by atoms with van der Waals surface area (Å²) in [6, 6.07) is 7.95. The number of aromatic nitrogens is 1. The maximum absolute atomic E-state index is 13.2. The number of aliphatic hydroxyl groups excluding tert-OH is 1. The Morgan fingerprint density at radius 3 is 2.83 bits per heavy atom. The van der Waals surface area contributed by atoms with Crippen LogP contribution in [0.2, 0.25) is 0 Å². The standard InChI is InChI=1S/C23H22N6O6/c1-34-14-3-2-12-10-28(19(30)15(12)8-14)11-23(20(31)26-21(32)27-23)17-6-13-7-18(25-9-16(13)35-17)29-5-4-24-22(29)33/h2-3,6-9,22,24,33H,4-5,10-11H2,1H3,(H2,26,27,31,32). The minimum atomic E-state index is -1.62. The molecule has 2 saturated heterocycles. The number of methoxy groups -OCH3 is 1. The third-order valence-electron chi connectivity index (χ3n) is 6.64. The first kappa shape index (κ1) is 21.4. The number of carbonyl (C=O) groups excluding carboxylic acids is 3. The van der Waals surface area contributed by atoms with Crippen molar-refractivity contribution in [1.82, 2.24) is 25.8 Å². The number of furan rings is 1. The molecule has 6 rings (SSSR count). The second-order valence-electron chi connectivity index (χ2n) is 8.71. The van der Waals surface area contributed by atoms with E-state index in [1.54, 1.807) is 29.2 Å². The van der Waals surface area contributed by atoms with Crippen LogP contribution in [0.15, 0.2) is 40.9 Å². The molecule has 0 aliphatic carbocycles. The van der Waals surface area contributed by atoms with Gasteiger partial charge >= 0.3 is 6.03 Å². The average Bonchev–Trinajstić information content (AvgIpc) is 3.60. The van der Waals surface area contributed by atoms with Crippen molar-refractivity contribution in [1.29, 1.82) is 0 Å². The van der Waals surface area contributed by atoms with E-state index in [0.29, 0.717) is 41.2 Å². The minimum Gasteiger partial charge on any atom is -0.497 e. The first-order valence-electron chi connectivity index (χ1n) is 11.1. The predicted octanol–water partition coefficient (Wildman–Crippen LogP) is 0.213. The van der Waals surface area contributed by atoms with Gasteiger partial charge in [-0.2, -0.15) is 0 Å². The average molecular weight is 478 g/mol. The Hall–Kier alpha value is -4.16. The van der Waals surface area contributed by atoms with Crippen LogP contribution in [0.3, 0.4) is 0 Å². The monoisotopic (exact) mass is 478 g/mol. The lowest BCUT2D eigenvalue weighted by Crippen LogP contribution is -2.52. The van der Waals surface area contributed by atoms with Gasteiger partial charge in [-0.15, -0.1) is 0 Å². The highest BCUT2D eigenvalue weighted by molar-refractivity contribution is 6.08. The van der Waals surface area contributed by atoms with Crippen LogP contribution in [0.25, 0.3) is 11.0 Å². The van der Waals surface area contributed by atoms with Crippen LogP contribution in [0.4, 0.5) is 10.6 Å². The van der Waals surface area contributed by atoms with E-state index in [9.17, 15) is 19.5 Å². The molecule has 35 heavy (non-hydrogen) atoms. The summed E-state index contributed by atoms with van der Waals surface area (Å²) in [5.41, 5.74) is 0.0686. The number of ether oxygens (including phenoxy) is 1. The van der Waals surface area contributed by atoms with E-state index in [1.807, 2.05) is 6.07 Å². The smallest absolute Gasteiger partial charge is 0.322 e. The van der Waals surface area contributed by atoms with Crippen LogP contribution in [-0.4, -0.2) is 65.9 Å². The third-order valence-corrected chi connectivity index (χ3v) is 6.64. The van der Waals surface area contributed by atoms with Crippen molar-refractivity contribution < 1.29 is 28.6 Å². The van der Waals surface area contributed by atoms with Crippen LogP contribution in [-0.2, 0) is 16.9 Å². The number of anilines is 1. The van der Waals surface area contributed by atoms with Crippen molar-refractivity contribution in [3.63, 3.8) is 0 Å². The molecule has 3 aliphatic heterocycles. The summed E-state index contributed by atoms with van der Waals surface area (Å²) >= 11 is 0. The van der Waals surface area contributed by atoms with Gasteiger partial charge < -0.3 is 29.4 Å². The molecule has 0 spiro atoms. The minimum absolute atomic E-state index is 0.130. The maximum Gasteiger partial charge on any atom is 0.322 e. The van der Waals surface area contributed by atoms with Crippen molar-refractivity contribution in [3.8, 4) is 5.75 Å². The molecule has 4 N–H and O–H groups in total. The quantitative estimate of drug-likeness (QED) is 0.378. The summed E-state index contributed by atoms with van der Waals surface area (Å²) in [6.07, 6.45) is 0.657. The van der Waals surface area contributed by atoms with Crippen LogP contribution in [0, 0.1) is 0 Å². The fourth-order valence-electron chi connectivity index (χ4n) is 4.82. The number of hydrogen-bond acceptors (Lipinski definition) is 9. The number of carbonyl (C=O) groups is 3. The largest absolute Gasteiger partial charge is 0.497 e. The molecule has 2 fully saturated rings. The Bertz CT molecular complexity index is 1390. The Labute approximate surface area is 198 Å². The highest BCUT2D eigenvalue weighted by Crippen LogP contribution is 2.35. The van der Waals surface area contributed by atoms with Crippen molar-refractivity contribution in [3.05, 3.63) is 53.4 Å². The van der Waals surface area contributed by atoms with E-state index in [4.69, 9.17) is 9.15 Å². The van der Waals surface area contributed by atoms with Crippen molar-refractivity contribution in [2.75, 3.05) is 31.6 Å². The molecule has 4 amide bonds. The van der Waals surface area contributed by atoms with E-state index < -0.39 is 23.8 Å². The number of imide groups is 1. The molecule has 12 heteroatoms. The number of nitrogens with one attached hydrogen (secondary N) is 3. The van der Waals surface area contributed by atoms with Gasteiger partial charge in [-0.1, -0.05) is 6.07 Å². The SMILES string of the molecule is COc1ccc2c(c1)C(=O)N(CC1(c3cc4cc(N5CCNC5O)ncc4o3)NC(=O)NC1=O)C2. The fraction of sp³-hybridized carbons (Fsp3) is 0.304. The van der Waals surface area contributed by atoms with Gasteiger partial charge in [0.2, 0.25) is 0 Å². The van der Waals surface area contributed by atoms with Gasteiger partial charge in [0.15, 0.2) is 17.5 Å². The van der Waals surface area contributed by atoms with Gasteiger partial charge in [0.05, 0.1) is 19.9 Å². The molecule has 0 radical (unpaired) electrons. The molecule has 12 nitrogen and oxygen atoms in total. The molecule has 2 aromatic heterocycles. The Balaban J connectivity index is 1.36. The summed E-state index contributed by atoms with van der Waals surface area (Å²) in [5, 5.41) is 18.6. The molecular formula is C23H22N6O6. The van der Waals surface area contributed by atoms with Gasteiger partial charge in [-0.05, 0) is 29.8 Å². The lowest BCUT2D eigenvalue weighted by Gasteiger charge is -2.29. The van der Waals surface area contributed by atoms with Crippen molar-refractivity contribution in [2.45, 2.75) is 18.4 Å². The highest BCUT2D eigenvalue weighted by atomic mass is 16.5. The number of pyridine rings is 1. The van der Waals surface area contributed by atoms with Crippen molar-refractivity contribution >= 4 is 34.6 Å². The van der Waals surface area contributed by atoms with E-state index in [0.717, 1.165) is 5.56 Å². The molecule has 180 valence electrons. The number of amides is 4. The molecule has 5 heterocycles. The number of urea groups is 1. The molecule has 2 unspecified atom stereocenters. The number of nitrogens with zero attached hydrogens (tertiary/aromatic N) is 3. The number of hydrogen-bond donors (Lipinski definition) is 4. The first-order valence-corrected chi connectivity index (χ1v) is 11.1. The number of fused-ring (bicyclic) bond motifs is 2. The highest BCUT2D eigenvalue weighted by Gasteiger charge is 2.53. The van der Waals surface area contributed by atoms with Gasteiger partial charge in [0.25, 0.3) is 11.8 Å². The van der Waals surface area contributed by atoms with E-state index in [1.165, 1.54) is 18.2 Å². The van der Waals surface area contributed by atoms with Crippen molar-refractivity contribution in [2.24, 2.45) is 0 Å². The van der Waals surface area contributed by atoms with Gasteiger partial charge in [0.1, 0.15) is 17.3 Å². The zero-order valence-corrected chi connectivity index (χ0v) is 18.7. The molecule has 0 saturated carbocycles. The molecule has 3 aromatic rings. The van der Waals surface area contributed by atoms with E-state index in [2.05, 4.69) is 20.9 Å². The fourth-order valence-corrected chi connectivity index (χ4v) is 4.82. The number of aliphatic hydroxyl groups is 1. The summed E-state index contributed by atoms with van der Waals surface area (Å²) in [7, 11) is 1.52. The topological polar surface area (TPSA) is 149 Å². The zero-order chi connectivity index (χ0) is 24.3. The summed E-state index contributed by atoms with van der Waals surface area (Å²) in [6.45, 7) is 1.34. The van der Waals surface area contributed by atoms with Crippen LogP contribution in [0.1, 0.15) is 21.7 Å². The maximum atomic E-state index is 13.2. The normalized spacial score (nSPS) is 23.7. The van der Waals surface area contributed by atoms with Gasteiger partial charge in [-0.25, -0.2) is 9.78 Å². The Morgan fingerprint density at radius 1 is 1.26 bits per heavy atom. The summed E-state index contributed by atoms with van der Waals surface area (Å²) < 4.78 is 11.2. The summed E-state index contributed by atoms with van der Waals surface area (Å²) in [4.78, 5) is 46.0. The first-order chi connectivity index (χ1) is 16.9. The Kier molecular flexibility index (Phi) is 4.69. The molecule has 0 bridgehead atoms. The predicted molar refractivity (Wildman–Crippen MR) is 121 cm³/mol. The lowest BCUT2D eigenvalue weighted by molar-refractivity contribution is -0.125.